The number of fused-ring (bicyclic) bond motifs is 1. The van der Waals surface area contributed by atoms with Crippen LogP contribution in [0.3, 0.4) is 0 Å². The summed E-state index contributed by atoms with van der Waals surface area (Å²) < 4.78 is 0. The summed E-state index contributed by atoms with van der Waals surface area (Å²) in [7, 11) is 0. The molecule has 3 aromatic carbocycles. The van der Waals surface area contributed by atoms with Gasteiger partial charge in [-0.25, -0.2) is 0 Å². The van der Waals surface area contributed by atoms with Crippen LogP contribution in [0.5, 0.6) is 0 Å². The Bertz CT molecular complexity index is 1150. The molecule has 0 radical (unpaired) electrons. The minimum Gasteiger partial charge on any atom is -0.323 e. The highest BCUT2D eigenvalue weighted by molar-refractivity contribution is 6.15. The maximum absolute atomic E-state index is 13.0. The highest BCUT2D eigenvalue weighted by Crippen LogP contribution is 2.30. The van der Waals surface area contributed by atoms with E-state index in [0.29, 0.717) is 28.2 Å². The molecule has 3 aromatic rings. The van der Waals surface area contributed by atoms with Crippen molar-refractivity contribution in [1.29, 1.82) is 0 Å². The van der Waals surface area contributed by atoms with E-state index in [1.165, 1.54) is 4.90 Å². The number of para-hydroxylation sites is 2. The van der Waals surface area contributed by atoms with Gasteiger partial charge < -0.3 is 10.6 Å². The van der Waals surface area contributed by atoms with Crippen LogP contribution >= 0.6 is 0 Å². The quantitative estimate of drug-likeness (QED) is 0.694. The molecule has 1 aliphatic heterocycles. The molecule has 3 amide bonds. The number of hydrogen-bond donors (Lipinski definition) is 2. The van der Waals surface area contributed by atoms with Gasteiger partial charge in [-0.2, -0.15) is 0 Å². The van der Waals surface area contributed by atoms with E-state index in [-0.39, 0.29) is 24.3 Å². The summed E-state index contributed by atoms with van der Waals surface area (Å²) in [5.74, 6) is -0.707. The zero-order valence-corrected chi connectivity index (χ0v) is 16.7. The lowest BCUT2D eigenvalue weighted by Crippen LogP contribution is -2.42. The van der Waals surface area contributed by atoms with Crippen molar-refractivity contribution in [3.63, 3.8) is 0 Å². The fourth-order valence-electron chi connectivity index (χ4n) is 3.46. The van der Waals surface area contributed by atoms with Gasteiger partial charge in [0.1, 0.15) is 6.54 Å². The summed E-state index contributed by atoms with van der Waals surface area (Å²) in [4.78, 5) is 39.0. The van der Waals surface area contributed by atoms with Gasteiger partial charge in [0.25, 0.3) is 11.8 Å². The molecule has 6 heteroatoms. The van der Waals surface area contributed by atoms with Crippen LogP contribution in [0.25, 0.3) is 0 Å². The van der Waals surface area contributed by atoms with Crippen LogP contribution in [0.15, 0.2) is 66.7 Å². The molecule has 30 heavy (non-hydrogen) atoms. The summed E-state index contributed by atoms with van der Waals surface area (Å²) in [5.41, 5.74) is 4.90. The summed E-state index contributed by atoms with van der Waals surface area (Å²) in [6.07, 6.45) is 0. The Morgan fingerprint density at radius 3 is 2.43 bits per heavy atom. The molecule has 0 bridgehead atoms. The fourth-order valence-corrected chi connectivity index (χ4v) is 3.46. The molecule has 0 aliphatic carbocycles. The number of aryl methyl sites for hydroxylation is 1. The number of rotatable bonds is 3. The zero-order valence-electron chi connectivity index (χ0n) is 16.7. The van der Waals surface area contributed by atoms with Crippen LogP contribution in [0.2, 0.25) is 0 Å². The van der Waals surface area contributed by atoms with Gasteiger partial charge in [-0.3, -0.25) is 19.3 Å². The second kappa shape index (κ2) is 7.83. The molecule has 0 atom stereocenters. The van der Waals surface area contributed by atoms with Gasteiger partial charge in [0, 0.05) is 16.8 Å². The van der Waals surface area contributed by atoms with E-state index in [1.54, 1.807) is 48.5 Å². The molecule has 0 spiro atoms. The van der Waals surface area contributed by atoms with Gasteiger partial charge in [-0.1, -0.05) is 24.3 Å². The topological polar surface area (TPSA) is 78.5 Å². The fraction of sp³-hybridized carbons (Fsp3) is 0.125. The Labute approximate surface area is 174 Å². The molecule has 150 valence electrons. The van der Waals surface area contributed by atoms with Crippen molar-refractivity contribution in [1.82, 2.24) is 0 Å². The van der Waals surface area contributed by atoms with Gasteiger partial charge in [-0.05, 0) is 67.4 Å². The number of carbonyl (C=O) groups is 3. The molecule has 1 heterocycles. The van der Waals surface area contributed by atoms with Gasteiger partial charge in [-0.15, -0.1) is 0 Å². The Hall–Kier alpha value is -3.93. The van der Waals surface area contributed by atoms with Crippen molar-refractivity contribution in [3.05, 3.63) is 89.0 Å². The van der Waals surface area contributed by atoms with Crippen molar-refractivity contribution < 1.29 is 14.4 Å². The smallest absolute Gasteiger partial charge is 0.258 e. The third kappa shape index (κ3) is 3.67. The number of carbonyl (C=O) groups excluding carboxylic acids is 3. The van der Waals surface area contributed by atoms with Gasteiger partial charge >= 0.3 is 0 Å². The lowest BCUT2D eigenvalue weighted by Gasteiger charge is -2.29. The summed E-state index contributed by atoms with van der Waals surface area (Å²) in [6, 6.07) is 19.5. The van der Waals surface area contributed by atoms with Crippen molar-refractivity contribution in [2.45, 2.75) is 13.8 Å². The maximum atomic E-state index is 13.0. The number of amides is 3. The second-order valence-corrected chi connectivity index (χ2v) is 7.24. The molecule has 1 aliphatic rings. The predicted molar refractivity (Wildman–Crippen MR) is 117 cm³/mol. The van der Waals surface area contributed by atoms with E-state index in [2.05, 4.69) is 10.6 Å². The molecular weight excluding hydrogens is 378 g/mol. The van der Waals surface area contributed by atoms with Crippen LogP contribution in [0.4, 0.5) is 17.1 Å². The first-order valence-corrected chi connectivity index (χ1v) is 9.62. The molecule has 0 saturated heterocycles. The Morgan fingerprint density at radius 2 is 1.67 bits per heavy atom. The zero-order chi connectivity index (χ0) is 21.3. The van der Waals surface area contributed by atoms with Crippen molar-refractivity contribution in [2.75, 3.05) is 22.1 Å². The lowest BCUT2D eigenvalue weighted by atomic mass is 10.0. The molecule has 0 unspecified atom stereocenters. The third-order valence-corrected chi connectivity index (χ3v) is 5.25. The monoisotopic (exact) mass is 399 g/mol. The van der Waals surface area contributed by atoms with E-state index in [4.69, 9.17) is 0 Å². The average Bonchev–Trinajstić information content (AvgIpc) is 2.75. The molecule has 6 nitrogen and oxygen atoms in total. The molecule has 4 rings (SSSR count). The van der Waals surface area contributed by atoms with Crippen LogP contribution in [-0.2, 0) is 4.79 Å². The predicted octanol–water partition coefficient (Wildman–Crippen LogP) is 4.15. The number of nitrogens with one attached hydrogen (secondary N) is 2. The van der Waals surface area contributed by atoms with Gasteiger partial charge in [0.05, 0.1) is 11.4 Å². The lowest BCUT2D eigenvalue weighted by molar-refractivity contribution is -0.115. The van der Waals surface area contributed by atoms with Crippen molar-refractivity contribution >= 4 is 34.8 Å². The van der Waals surface area contributed by atoms with Crippen LogP contribution < -0.4 is 15.5 Å². The molecule has 0 aromatic heterocycles. The van der Waals surface area contributed by atoms with Crippen LogP contribution in [-0.4, -0.2) is 24.3 Å². The normalized spacial score (nSPS) is 12.7. The first-order valence-electron chi connectivity index (χ1n) is 9.62. The SMILES string of the molecule is Cc1cccc(C(=O)Nc2ccc(C(=O)N3CC(=O)Nc4ccccc43)cc2)c1C. The maximum Gasteiger partial charge on any atom is 0.258 e. The summed E-state index contributed by atoms with van der Waals surface area (Å²) in [6.45, 7) is 3.84. The van der Waals surface area contributed by atoms with Crippen LogP contribution in [0, 0.1) is 13.8 Å². The van der Waals surface area contributed by atoms with E-state index < -0.39 is 0 Å². The summed E-state index contributed by atoms with van der Waals surface area (Å²) >= 11 is 0. The van der Waals surface area contributed by atoms with E-state index in [9.17, 15) is 14.4 Å². The Balaban J connectivity index is 1.53. The van der Waals surface area contributed by atoms with Gasteiger partial charge in [0.2, 0.25) is 5.91 Å². The minimum absolute atomic E-state index is 0.0407. The highest BCUT2D eigenvalue weighted by Gasteiger charge is 2.27. The molecule has 2 N–H and O–H groups in total. The number of hydrogen-bond acceptors (Lipinski definition) is 3. The standard InChI is InChI=1S/C24H21N3O3/c1-15-6-5-7-19(16(15)2)23(29)25-18-12-10-17(11-13-18)24(30)27-14-22(28)26-20-8-3-4-9-21(20)27/h3-13H,14H2,1-2H3,(H,25,29)(H,26,28). The van der Waals surface area contributed by atoms with Crippen molar-refractivity contribution in [2.24, 2.45) is 0 Å². The number of nitrogens with zero attached hydrogens (tertiary/aromatic N) is 1. The Kier molecular flexibility index (Phi) is 5.06. The van der Waals surface area contributed by atoms with E-state index in [0.717, 1.165) is 11.1 Å². The number of benzene rings is 3. The second-order valence-electron chi connectivity index (χ2n) is 7.24. The van der Waals surface area contributed by atoms with E-state index in [1.807, 2.05) is 32.0 Å². The Morgan fingerprint density at radius 1 is 0.933 bits per heavy atom. The van der Waals surface area contributed by atoms with Crippen molar-refractivity contribution in [3.8, 4) is 0 Å². The highest BCUT2D eigenvalue weighted by atomic mass is 16.2. The third-order valence-electron chi connectivity index (χ3n) is 5.25. The molecular formula is C24H21N3O3. The molecule has 0 saturated carbocycles. The first kappa shape index (κ1) is 19.4. The van der Waals surface area contributed by atoms with E-state index >= 15 is 0 Å². The number of anilines is 3. The van der Waals surface area contributed by atoms with Crippen LogP contribution in [0.1, 0.15) is 31.8 Å². The van der Waals surface area contributed by atoms with Gasteiger partial charge in [0.15, 0.2) is 0 Å². The minimum atomic E-state index is -0.273. The largest absolute Gasteiger partial charge is 0.323 e. The summed E-state index contributed by atoms with van der Waals surface area (Å²) in [5, 5.41) is 5.64. The first-order chi connectivity index (χ1) is 14.4. The average molecular weight is 399 g/mol. The molecule has 0 fully saturated rings.